The average molecular weight is 357 g/mol. The van der Waals surface area contributed by atoms with Gasteiger partial charge in [0.25, 0.3) is 0 Å². The van der Waals surface area contributed by atoms with Crippen molar-refractivity contribution in [1.82, 2.24) is 5.32 Å². The minimum Gasteiger partial charge on any atom is -0.480 e. The molecule has 1 aliphatic rings. The van der Waals surface area contributed by atoms with E-state index in [1.54, 1.807) is 6.92 Å². The van der Waals surface area contributed by atoms with Crippen LogP contribution in [0.15, 0.2) is 58.7 Å². The van der Waals surface area contributed by atoms with E-state index in [2.05, 4.69) is 38.2 Å². The highest BCUT2D eigenvalue weighted by molar-refractivity contribution is 5.90. The number of aliphatic carboxylic acids is 1. The number of carboxylic acid groups (broad SMARTS) is 1. The zero-order chi connectivity index (χ0) is 19.7. The third-order valence-corrected chi connectivity index (χ3v) is 4.55. The summed E-state index contributed by atoms with van der Waals surface area (Å²) in [5, 5.41) is 10.8. The van der Waals surface area contributed by atoms with Gasteiger partial charge in [0.1, 0.15) is 6.54 Å². The highest BCUT2D eigenvalue weighted by atomic mass is 16.4. The first-order valence-corrected chi connectivity index (χ1v) is 9.03. The van der Waals surface area contributed by atoms with E-state index in [9.17, 15) is 9.59 Å². The molecule has 0 spiro atoms. The van der Waals surface area contributed by atoms with Gasteiger partial charge in [-0.25, -0.2) is 0 Å². The largest absolute Gasteiger partial charge is 0.480 e. The molecule has 0 atom stereocenters. The van der Waals surface area contributed by atoms with Crippen LogP contribution >= 0.6 is 0 Å². The maximum absolute atomic E-state index is 11.5. The predicted octanol–water partition coefficient (Wildman–Crippen LogP) is 4.72. The molecule has 0 aliphatic heterocycles. The van der Waals surface area contributed by atoms with Crippen LogP contribution in [0.3, 0.4) is 0 Å². The molecule has 0 saturated carbocycles. The number of hydrogen-bond donors (Lipinski definition) is 2. The van der Waals surface area contributed by atoms with Crippen LogP contribution in [0.25, 0.3) is 0 Å². The van der Waals surface area contributed by atoms with Gasteiger partial charge < -0.3 is 10.4 Å². The Morgan fingerprint density at radius 2 is 1.88 bits per heavy atom. The van der Waals surface area contributed by atoms with E-state index in [0.29, 0.717) is 0 Å². The minimum atomic E-state index is -1.06. The Labute approximate surface area is 157 Å². The molecule has 0 heterocycles. The zero-order valence-corrected chi connectivity index (χ0v) is 16.6. The third kappa shape index (κ3) is 7.68. The second-order valence-corrected chi connectivity index (χ2v) is 7.53. The van der Waals surface area contributed by atoms with Crippen molar-refractivity contribution in [3.05, 3.63) is 58.7 Å². The molecular formula is C22H31NO3. The summed E-state index contributed by atoms with van der Waals surface area (Å²) in [5.41, 5.74) is 5.04. The molecule has 0 fully saturated rings. The summed E-state index contributed by atoms with van der Waals surface area (Å²) in [5.74, 6) is -1.46. The Kier molecular flexibility index (Phi) is 8.30. The van der Waals surface area contributed by atoms with Crippen molar-refractivity contribution in [1.29, 1.82) is 0 Å². The van der Waals surface area contributed by atoms with Crippen molar-refractivity contribution in [2.24, 2.45) is 5.41 Å². The normalized spacial score (nSPS) is 18.7. The van der Waals surface area contributed by atoms with Crippen LogP contribution in [0.2, 0.25) is 0 Å². The van der Waals surface area contributed by atoms with Gasteiger partial charge in [-0.2, -0.15) is 0 Å². The van der Waals surface area contributed by atoms with Crippen LogP contribution in [0, 0.1) is 5.41 Å². The molecule has 0 unspecified atom stereocenters. The molecule has 2 N–H and O–H groups in total. The smallest absolute Gasteiger partial charge is 0.322 e. The molecule has 0 aromatic rings. The number of carboxylic acids is 1. The van der Waals surface area contributed by atoms with E-state index >= 15 is 0 Å². The summed E-state index contributed by atoms with van der Waals surface area (Å²) in [6, 6.07) is 0. The fourth-order valence-corrected chi connectivity index (χ4v) is 3.10. The quantitative estimate of drug-likeness (QED) is 0.512. The Balaban J connectivity index is 2.69. The van der Waals surface area contributed by atoms with Crippen LogP contribution in [0.5, 0.6) is 0 Å². The van der Waals surface area contributed by atoms with Gasteiger partial charge in [-0.15, -0.1) is 0 Å². The molecule has 26 heavy (non-hydrogen) atoms. The Bertz CT molecular complexity index is 688. The van der Waals surface area contributed by atoms with Gasteiger partial charge >= 0.3 is 5.97 Å². The topological polar surface area (TPSA) is 66.4 Å². The summed E-state index contributed by atoms with van der Waals surface area (Å²) in [6.07, 6.45) is 15.1. The van der Waals surface area contributed by atoms with Crippen LogP contribution in [-0.2, 0) is 9.59 Å². The summed E-state index contributed by atoms with van der Waals surface area (Å²) in [6.45, 7) is 10.3. The summed E-state index contributed by atoms with van der Waals surface area (Å²) >= 11 is 0. The molecular weight excluding hydrogens is 326 g/mol. The average Bonchev–Trinajstić information content (AvgIpc) is 2.51. The van der Waals surface area contributed by atoms with Gasteiger partial charge in [0.05, 0.1) is 0 Å². The third-order valence-electron chi connectivity index (χ3n) is 4.55. The van der Waals surface area contributed by atoms with E-state index in [1.165, 1.54) is 36.5 Å². The fraction of sp³-hybridized carbons (Fsp3) is 0.455. The lowest BCUT2D eigenvalue weighted by atomic mass is 9.72. The first-order valence-electron chi connectivity index (χ1n) is 9.03. The van der Waals surface area contributed by atoms with Gasteiger partial charge in [-0.05, 0) is 56.6 Å². The van der Waals surface area contributed by atoms with Gasteiger partial charge in [0.2, 0.25) is 5.91 Å². The predicted molar refractivity (Wildman–Crippen MR) is 107 cm³/mol. The van der Waals surface area contributed by atoms with Crippen LogP contribution in [0.1, 0.15) is 53.9 Å². The van der Waals surface area contributed by atoms with Crippen LogP contribution in [0.4, 0.5) is 0 Å². The molecule has 1 rings (SSSR count). The van der Waals surface area contributed by atoms with E-state index in [4.69, 9.17) is 5.11 Å². The Hall–Kier alpha value is -2.36. The number of rotatable bonds is 7. The van der Waals surface area contributed by atoms with Crippen molar-refractivity contribution >= 4 is 11.9 Å². The number of carbonyl (C=O) groups excluding carboxylic acids is 1. The van der Waals surface area contributed by atoms with Crippen molar-refractivity contribution < 1.29 is 14.7 Å². The summed E-state index contributed by atoms with van der Waals surface area (Å²) in [7, 11) is 0. The van der Waals surface area contributed by atoms with Crippen LogP contribution < -0.4 is 5.32 Å². The lowest BCUT2D eigenvalue weighted by Gasteiger charge is -2.32. The molecule has 142 valence electrons. The molecule has 0 aromatic carbocycles. The number of amides is 1. The van der Waals surface area contributed by atoms with E-state index in [-0.39, 0.29) is 12.0 Å². The van der Waals surface area contributed by atoms with Crippen molar-refractivity contribution in [3.63, 3.8) is 0 Å². The van der Waals surface area contributed by atoms with Gasteiger partial charge in [-0.1, -0.05) is 55.4 Å². The summed E-state index contributed by atoms with van der Waals surface area (Å²) in [4.78, 5) is 21.9. The van der Waals surface area contributed by atoms with Crippen molar-refractivity contribution in [3.8, 4) is 0 Å². The standard InChI is InChI=1S/C22H31NO3/c1-16(11-12-19-18(3)10-7-13-22(19,4)5)8-6-9-17(2)14-20(24)23-15-21(25)26/h6,8-9,11-12,14H,7,10,13,15H2,1-5H3,(H,23,24)(H,25,26)/b9-6+,12-11+,16-8+,17-14-. The lowest BCUT2D eigenvalue weighted by Crippen LogP contribution is -2.27. The van der Waals surface area contributed by atoms with Crippen LogP contribution in [-0.4, -0.2) is 23.5 Å². The molecule has 0 radical (unpaired) electrons. The molecule has 1 amide bonds. The SMILES string of the molecule is CC1=C(/C=C/C(C)=C/C=C/C(C)=C\C(=O)NCC(=O)O)C(C)(C)CCC1. The molecule has 0 saturated heterocycles. The molecule has 1 aliphatic carbocycles. The van der Waals surface area contributed by atoms with Gasteiger partial charge in [0.15, 0.2) is 0 Å². The number of nitrogens with one attached hydrogen (secondary N) is 1. The lowest BCUT2D eigenvalue weighted by molar-refractivity contribution is -0.137. The maximum Gasteiger partial charge on any atom is 0.322 e. The highest BCUT2D eigenvalue weighted by Gasteiger charge is 2.26. The van der Waals surface area contributed by atoms with Gasteiger partial charge in [0, 0.05) is 6.08 Å². The van der Waals surface area contributed by atoms with E-state index in [0.717, 1.165) is 11.1 Å². The number of carbonyl (C=O) groups is 2. The molecule has 4 heteroatoms. The molecule has 0 aromatic heterocycles. The zero-order valence-electron chi connectivity index (χ0n) is 16.6. The summed E-state index contributed by atoms with van der Waals surface area (Å²) < 4.78 is 0. The van der Waals surface area contributed by atoms with Gasteiger partial charge in [-0.3, -0.25) is 9.59 Å². The first kappa shape index (κ1) is 21.7. The van der Waals surface area contributed by atoms with Crippen molar-refractivity contribution in [2.45, 2.75) is 53.9 Å². The second kappa shape index (κ2) is 9.95. The minimum absolute atomic E-state index is 0.234. The second-order valence-electron chi connectivity index (χ2n) is 7.53. The monoisotopic (exact) mass is 357 g/mol. The molecule has 0 bridgehead atoms. The first-order chi connectivity index (χ1) is 12.1. The molecule has 4 nitrogen and oxygen atoms in total. The Morgan fingerprint density at radius 3 is 2.50 bits per heavy atom. The fourth-order valence-electron chi connectivity index (χ4n) is 3.10. The number of hydrogen-bond acceptors (Lipinski definition) is 2. The Morgan fingerprint density at radius 1 is 1.19 bits per heavy atom. The highest BCUT2D eigenvalue weighted by Crippen LogP contribution is 2.40. The van der Waals surface area contributed by atoms with E-state index in [1.807, 2.05) is 25.2 Å². The van der Waals surface area contributed by atoms with E-state index < -0.39 is 11.9 Å². The number of allylic oxidation sites excluding steroid dienone is 9. The van der Waals surface area contributed by atoms with Crippen molar-refractivity contribution in [2.75, 3.05) is 6.54 Å². The maximum atomic E-state index is 11.5.